The molecular formula is C16H18N2O4S. The summed E-state index contributed by atoms with van der Waals surface area (Å²) in [6.07, 6.45) is 4.14. The van der Waals surface area contributed by atoms with Crippen LogP contribution < -0.4 is 4.72 Å². The zero-order valence-corrected chi connectivity index (χ0v) is 13.4. The average molecular weight is 334 g/mol. The lowest BCUT2D eigenvalue weighted by Gasteiger charge is -2.21. The molecule has 0 bridgehead atoms. The van der Waals surface area contributed by atoms with Crippen molar-refractivity contribution < 1.29 is 17.9 Å². The normalized spacial score (nSPS) is 18.7. The van der Waals surface area contributed by atoms with Crippen molar-refractivity contribution in [3.05, 3.63) is 36.5 Å². The summed E-state index contributed by atoms with van der Waals surface area (Å²) in [5.74, 6) is -0.551. The molecule has 0 radical (unpaired) electrons. The highest BCUT2D eigenvalue weighted by molar-refractivity contribution is 7.90. The second-order valence-electron chi connectivity index (χ2n) is 5.55. The number of benzene rings is 1. The number of fused-ring (bicyclic) bond motifs is 1. The van der Waals surface area contributed by atoms with Gasteiger partial charge in [0.1, 0.15) is 4.90 Å². The van der Waals surface area contributed by atoms with Crippen molar-refractivity contribution in [1.82, 2.24) is 9.71 Å². The second-order valence-corrected chi connectivity index (χ2v) is 7.20. The van der Waals surface area contributed by atoms with Crippen LogP contribution in [0.2, 0.25) is 0 Å². The fourth-order valence-electron chi connectivity index (χ4n) is 2.71. The first-order valence-corrected chi connectivity index (χ1v) is 9.05. The molecule has 1 saturated heterocycles. The maximum Gasteiger partial charge on any atom is 0.266 e. The van der Waals surface area contributed by atoms with Gasteiger partial charge in [0, 0.05) is 18.2 Å². The summed E-state index contributed by atoms with van der Waals surface area (Å²) < 4.78 is 32.6. The van der Waals surface area contributed by atoms with Crippen LogP contribution in [0.25, 0.3) is 10.9 Å². The Morgan fingerprint density at radius 3 is 2.87 bits per heavy atom. The first-order valence-electron chi connectivity index (χ1n) is 7.57. The minimum absolute atomic E-state index is 0.00788. The van der Waals surface area contributed by atoms with E-state index in [4.69, 9.17) is 4.74 Å². The third kappa shape index (κ3) is 3.68. The van der Waals surface area contributed by atoms with Crippen molar-refractivity contribution in [3.8, 4) is 0 Å². The molecule has 1 aromatic heterocycles. The third-order valence-electron chi connectivity index (χ3n) is 3.82. The van der Waals surface area contributed by atoms with Crippen molar-refractivity contribution in [2.75, 3.05) is 6.61 Å². The summed E-state index contributed by atoms with van der Waals surface area (Å²) >= 11 is 0. The van der Waals surface area contributed by atoms with E-state index in [1.54, 1.807) is 24.3 Å². The topological polar surface area (TPSA) is 85.4 Å². The number of nitrogens with one attached hydrogen (secondary N) is 1. The van der Waals surface area contributed by atoms with Gasteiger partial charge in [-0.25, -0.2) is 13.1 Å². The summed E-state index contributed by atoms with van der Waals surface area (Å²) in [7, 11) is -3.95. The Kier molecular flexibility index (Phi) is 4.58. The van der Waals surface area contributed by atoms with Crippen molar-refractivity contribution in [2.45, 2.75) is 36.7 Å². The first-order chi connectivity index (χ1) is 11.1. The van der Waals surface area contributed by atoms with E-state index in [0.29, 0.717) is 17.5 Å². The standard InChI is InChI=1S/C16H18N2O4S/c19-15(11-13-7-1-2-10-22-13)18-23(20,21)14-8-3-5-12-6-4-9-17-16(12)14/h3-6,8-9,13H,1-2,7,10-11H2,(H,18,19). The number of para-hydroxylation sites is 1. The van der Waals surface area contributed by atoms with E-state index >= 15 is 0 Å². The largest absolute Gasteiger partial charge is 0.378 e. The van der Waals surface area contributed by atoms with Crippen molar-refractivity contribution in [2.24, 2.45) is 0 Å². The number of sulfonamides is 1. The van der Waals surface area contributed by atoms with E-state index in [9.17, 15) is 13.2 Å². The molecule has 1 unspecified atom stereocenters. The van der Waals surface area contributed by atoms with Crippen LogP contribution in [0.1, 0.15) is 25.7 Å². The molecule has 1 amide bonds. The van der Waals surface area contributed by atoms with Gasteiger partial charge in [0.15, 0.2) is 0 Å². The maximum atomic E-state index is 12.5. The van der Waals surface area contributed by atoms with Gasteiger partial charge in [-0.15, -0.1) is 0 Å². The van der Waals surface area contributed by atoms with Crippen LogP contribution in [0.15, 0.2) is 41.4 Å². The molecule has 1 aliphatic heterocycles. The quantitative estimate of drug-likeness (QED) is 0.924. The van der Waals surface area contributed by atoms with Crippen LogP contribution >= 0.6 is 0 Å². The second kappa shape index (κ2) is 6.64. The molecule has 0 saturated carbocycles. The smallest absolute Gasteiger partial charge is 0.266 e. The van der Waals surface area contributed by atoms with Gasteiger partial charge in [-0.2, -0.15) is 0 Å². The number of carbonyl (C=O) groups excluding carboxylic acids is 1. The summed E-state index contributed by atoms with van der Waals surface area (Å²) in [6, 6.07) is 8.37. The molecule has 1 atom stereocenters. The minimum Gasteiger partial charge on any atom is -0.378 e. The fraction of sp³-hybridized carbons (Fsp3) is 0.375. The third-order valence-corrected chi connectivity index (χ3v) is 5.23. The zero-order valence-electron chi connectivity index (χ0n) is 12.6. The molecular weight excluding hydrogens is 316 g/mol. The molecule has 0 aliphatic carbocycles. The highest BCUT2D eigenvalue weighted by Crippen LogP contribution is 2.21. The van der Waals surface area contributed by atoms with Crippen molar-refractivity contribution in [1.29, 1.82) is 0 Å². The lowest BCUT2D eigenvalue weighted by atomic mass is 10.1. The first kappa shape index (κ1) is 15.9. The highest BCUT2D eigenvalue weighted by Gasteiger charge is 2.24. The van der Waals surface area contributed by atoms with Gasteiger partial charge in [-0.3, -0.25) is 9.78 Å². The molecule has 7 heteroatoms. The van der Waals surface area contributed by atoms with Gasteiger partial charge in [0.2, 0.25) is 5.91 Å². The van der Waals surface area contributed by atoms with Gasteiger partial charge < -0.3 is 4.74 Å². The molecule has 2 heterocycles. The number of aromatic nitrogens is 1. The predicted molar refractivity (Wildman–Crippen MR) is 85.3 cm³/mol. The summed E-state index contributed by atoms with van der Waals surface area (Å²) in [5.41, 5.74) is 0.351. The van der Waals surface area contributed by atoms with E-state index in [2.05, 4.69) is 9.71 Å². The highest BCUT2D eigenvalue weighted by atomic mass is 32.2. The molecule has 0 spiro atoms. The van der Waals surface area contributed by atoms with E-state index in [0.717, 1.165) is 19.3 Å². The number of carbonyl (C=O) groups is 1. The Balaban J connectivity index is 1.79. The van der Waals surface area contributed by atoms with Crippen LogP contribution in [0.4, 0.5) is 0 Å². The van der Waals surface area contributed by atoms with Crippen LogP contribution in [0, 0.1) is 0 Å². The Morgan fingerprint density at radius 2 is 2.09 bits per heavy atom. The molecule has 6 nitrogen and oxygen atoms in total. The molecule has 122 valence electrons. The van der Waals surface area contributed by atoms with E-state index in [1.807, 2.05) is 0 Å². The molecule has 2 aromatic rings. The number of nitrogens with zero attached hydrogens (tertiary/aromatic N) is 1. The number of hydrogen-bond donors (Lipinski definition) is 1. The van der Waals surface area contributed by atoms with Crippen LogP contribution in [0.5, 0.6) is 0 Å². The van der Waals surface area contributed by atoms with Gasteiger partial charge in [-0.1, -0.05) is 18.2 Å². The fourth-order valence-corrected chi connectivity index (χ4v) is 3.89. The zero-order chi connectivity index (χ0) is 16.3. The van der Waals surface area contributed by atoms with Gasteiger partial charge >= 0.3 is 0 Å². The Bertz CT molecular complexity index is 808. The molecule has 3 rings (SSSR count). The van der Waals surface area contributed by atoms with E-state index in [1.165, 1.54) is 12.3 Å². The number of pyridine rings is 1. The SMILES string of the molecule is O=C(CC1CCCCO1)NS(=O)(=O)c1cccc2cccnc12. The molecule has 1 fully saturated rings. The van der Waals surface area contributed by atoms with E-state index in [-0.39, 0.29) is 17.4 Å². The number of ether oxygens (including phenoxy) is 1. The molecule has 23 heavy (non-hydrogen) atoms. The average Bonchev–Trinajstić information content (AvgIpc) is 2.54. The predicted octanol–water partition coefficient (Wildman–Crippen LogP) is 2.00. The summed E-state index contributed by atoms with van der Waals surface area (Å²) in [4.78, 5) is 16.2. The Hall–Kier alpha value is -1.99. The van der Waals surface area contributed by atoms with Crippen molar-refractivity contribution in [3.63, 3.8) is 0 Å². The number of amides is 1. The Morgan fingerprint density at radius 1 is 1.26 bits per heavy atom. The van der Waals surface area contributed by atoms with Crippen LogP contribution in [0.3, 0.4) is 0 Å². The van der Waals surface area contributed by atoms with E-state index < -0.39 is 15.9 Å². The number of rotatable bonds is 4. The molecule has 1 N–H and O–H groups in total. The van der Waals surface area contributed by atoms with Gasteiger partial charge in [-0.05, 0) is 31.4 Å². The monoisotopic (exact) mass is 334 g/mol. The summed E-state index contributed by atoms with van der Waals surface area (Å²) in [5, 5.41) is 0.707. The Labute approximate surface area is 134 Å². The van der Waals surface area contributed by atoms with Gasteiger partial charge in [0.25, 0.3) is 10.0 Å². The van der Waals surface area contributed by atoms with Crippen LogP contribution in [-0.2, 0) is 19.6 Å². The maximum absolute atomic E-state index is 12.5. The summed E-state index contributed by atoms with van der Waals surface area (Å²) in [6.45, 7) is 0.623. The van der Waals surface area contributed by atoms with Gasteiger partial charge in [0.05, 0.1) is 18.0 Å². The molecule has 1 aliphatic rings. The minimum atomic E-state index is -3.95. The van der Waals surface area contributed by atoms with Crippen LogP contribution in [-0.4, -0.2) is 32.0 Å². The number of hydrogen-bond acceptors (Lipinski definition) is 5. The molecule has 1 aromatic carbocycles. The van der Waals surface area contributed by atoms with Crippen molar-refractivity contribution >= 4 is 26.8 Å². The lowest BCUT2D eigenvalue weighted by molar-refractivity contribution is -0.123. The lowest BCUT2D eigenvalue weighted by Crippen LogP contribution is -2.34.